The van der Waals surface area contributed by atoms with E-state index in [1.54, 1.807) is 17.0 Å². The van der Waals surface area contributed by atoms with Gasteiger partial charge in [-0.2, -0.15) is 13.2 Å². The highest BCUT2D eigenvalue weighted by molar-refractivity contribution is 5.85. The molecule has 27 heavy (non-hydrogen) atoms. The van der Waals surface area contributed by atoms with Crippen LogP contribution < -0.4 is 10.1 Å². The highest BCUT2D eigenvalue weighted by Gasteiger charge is 2.28. The quantitative estimate of drug-likeness (QED) is 0.722. The molecule has 152 valence electrons. The predicted octanol–water partition coefficient (Wildman–Crippen LogP) is 2.46. The van der Waals surface area contributed by atoms with Crippen LogP contribution in [0.2, 0.25) is 0 Å². The van der Waals surface area contributed by atoms with Gasteiger partial charge < -0.3 is 15.2 Å². The van der Waals surface area contributed by atoms with Crippen LogP contribution in [-0.2, 0) is 16.1 Å². The van der Waals surface area contributed by atoms with Gasteiger partial charge in [-0.3, -0.25) is 14.5 Å². The average Bonchev–Trinajstić information content (AvgIpc) is 2.58. The Labute approximate surface area is 161 Å². The van der Waals surface area contributed by atoms with Crippen LogP contribution in [0, 0.1) is 5.92 Å². The third kappa shape index (κ3) is 8.49. The van der Waals surface area contributed by atoms with Gasteiger partial charge in [-0.05, 0) is 37.1 Å². The molecule has 1 fully saturated rings. The van der Waals surface area contributed by atoms with Crippen molar-refractivity contribution < 1.29 is 32.6 Å². The number of alkyl halides is 3. The first-order chi connectivity index (χ1) is 12.2. The lowest BCUT2D eigenvalue weighted by atomic mass is 9.98. The number of carbonyl (C=O) groups excluding carboxylic acids is 1. The van der Waals surface area contributed by atoms with Crippen molar-refractivity contribution in [1.82, 2.24) is 10.2 Å². The Morgan fingerprint density at radius 1 is 1.33 bits per heavy atom. The number of nitrogens with one attached hydrogen (secondary N) is 1. The lowest BCUT2D eigenvalue weighted by Gasteiger charge is -2.29. The van der Waals surface area contributed by atoms with E-state index in [1.807, 2.05) is 0 Å². The van der Waals surface area contributed by atoms with Gasteiger partial charge in [0.2, 0.25) is 5.91 Å². The number of nitrogens with zero attached hydrogens (tertiary/aromatic N) is 1. The number of carboxylic acids is 1. The van der Waals surface area contributed by atoms with Crippen LogP contribution in [0.1, 0.15) is 18.4 Å². The number of piperidine rings is 1. The average molecular weight is 411 g/mol. The molecule has 1 amide bonds. The van der Waals surface area contributed by atoms with Crippen LogP contribution in [0.25, 0.3) is 0 Å². The molecule has 2 N–H and O–H groups in total. The van der Waals surface area contributed by atoms with Gasteiger partial charge in [0.15, 0.2) is 6.61 Å². The first-order valence-corrected chi connectivity index (χ1v) is 8.23. The van der Waals surface area contributed by atoms with Gasteiger partial charge in [0, 0.05) is 13.1 Å². The number of halogens is 4. The molecular formula is C17H22ClF3N2O4. The summed E-state index contributed by atoms with van der Waals surface area (Å²) in [5.74, 6) is -1.50. The predicted molar refractivity (Wildman–Crippen MR) is 93.9 cm³/mol. The lowest BCUT2D eigenvalue weighted by Crippen LogP contribution is -2.44. The minimum absolute atomic E-state index is 0. The van der Waals surface area contributed by atoms with Gasteiger partial charge in [-0.15, -0.1) is 12.4 Å². The normalized spacial score (nSPS) is 17.7. The van der Waals surface area contributed by atoms with E-state index in [1.165, 1.54) is 12.1 Å². The summed E-state index contributed by atoms with van der Waals surface area (Å²) in [6, 6.07) is 6.07. The number of carboxylic acid groups (broad SMARTS) is 1. The molecule has 1 aromatic rings. The maximum Gasteiger partial charge on any atom is 0.422 e. The number of aliphatic carboxylic acids is 1. The fraction of sp³-hybridized carbons (Fsp3) is 0.529. The lowest BCUT2D eigenvalue weighted by molar-refractivity contribution is -0.153. The molecule has 6 nitrogen and oxygen atoms in total. The summed E-state index contributed by atoms with van der Waals surface area (Å²) in [6.07, 6.45) is -3.08. The standard InChI is InChI=1S/C17H21F3N2O4.ClH/c18-17(19,20)11-26-14-5-1-3-12(7-14)8-21-15(23)10-22-6-2-4-13(9-22)16(24)25;/h1,3,5,7,13H,2,4,6,8-11H2,(H,21,23)(H,24,25);1H. The van der Waals surface area contributed by atoms with Gasteiger partial charge >= 0.3 is 12.1 Å². The van der Waals surface area contributed by atoms with Crippen LogP contribution in [0.4, 0.5) is 13.2 Å². The van der Waals surface area contributed by atoms with E-state index in [-0.39, 0.29) is 37.2 Å². The Balaban J connectivity index is 0.00000364. The molecule has 0 radical (unpaired) electrons. The fourth-order valence-electron chi connectivity index (χ4n) is 2.77. The number of ether oxygens (including phenoxy) is 1. The van der Waals surface area contributed by atoms with Crippen molar-refractivity contribution in [1.29, 1.82) is 0 Å². The molecule has 0 spiro atoms. The number of hydrogen-bond donors (Lipinski definition) is 2. The topological polar surface area (TPSA) is 78.9 Å². The van der Waals surface area contributed by atoms with Crippen molar-refractivity contribution in [2.24, 2.45) is 5.92 Å². The maximum absolute atomic E-state index is 12.2. The molecule has 0 aliphatic carbocycles. The van der Waals surface area contributed by atoms with Gasteiger partial charge in [-0.25, -0.2) is 0 Å². The largest absolute Gasteiger partial charge is 0.484 e. The number of benzene rings is 1. The van der Waals surface area contributed by atoms with Crippen molar-refractivity contribution in [2.45, 2.75) is 25.6 Å². The van der Waals surface area contributed by atoms with Crippen molar-refractivity contribution in [2.75, 3.05) is 26.2 Å². The van der Waals surface area contributed by atoms with Gasteiger partial charge in [0.05, 0.1) is 12.5 Å². The molecule has 2 rings (SSSR count). The summed E-state index contributed by atoms with van der Waals surface area (Å²) >= 11 is 0. The molecule has 0 bridgehead atoms. The third-order valence-electron chi connectivity index (χ3n) is 4.01. The smallest absolute Gasteiger partial charge is 0.422 e. The Hall–Kier alpha value is -2.00. The minimum atomic E-state index is -4.41. The molecule has 1 saturated heterocycles. The van der Waals surface area contributed by atoms with Crippen molar-refractivity contribution in [3.63, 3.8) is 0 Å². The van der Waals surface area contributed by atoms with E-state index in [4.69, 9.17) is 5.11 Å². The van der Waals surface area contributed by atoms with E-state index in [2.05, 4.69) is 10.1 Å². The summed E-state index contributed by atoms with van der Waals surface area (Å²) in [7, 11) is 0. The SMILES string of the molecule is Cl.O=C(CN1CCCC(C(=O)O)C1)NCc1cccc(OCC(F)(F)F)c1. The van der Waals surface area contributed by atoms with E-state index in [9.17, 15) is 22.8 Å². The molecule has 1 aromatic carbocycles. The summed E-state index contributed by atoms with van der Waals surface area (Å²) in [4.78, 5) is 24.8. The summed E-state index contributed by atoms with van der Waals surface area (Å²) < 4.78 is 41.2. The zero-order valence-electron chi connectivity index (χ0n) is 14.5. The Morgan fingerprint density at radius 3 is 2.74 bits per heavy atom. The van der Waals surface area contributed by atoms with E-state index < -0.39 is 24.7 Å². The zero-order chi connectivity index (χ0) is 19.2. The van der Waals surface area contributed by atoms with Crippen LogP contribution in [0.15, 0.2) is 24.3 Å². The van der Waals surface area contributed by atoms with E-state index >= 15 is 0 Å². The van der Waals surface area contributed by atoms with Gasteiger partial charge in [0.1, 0.15) is 5.75 Å². The van der Waals surface area contributed by atoms with E-state index in [0.29, 0.717) is 25.1 Å². The summed E-state index contributed by atoms with van der Waals surface area (Å²) in [5, 5.41) is 11.7. The third-order valence-corrected chi connectivity index (χ3v) is 4.01. The monoisotopic (exact) mass is 410 g/mol. The number of hydrogen-bond acceptors (Lipinski definition) is 4. The molecule has 1 atom stereocenters. The Bertz CT molecular complexity index is 643. The number of rotatable bonds is 7. The van der Waals surface area contributed by atoms with Crippen molar-refractivity contribution >= 4 is 24.3 Å². The number of carbonyl (C=O) groups is 2. The second-order valence-electron chi connectivity index (χ2n) is 6.24. The van der Waals surface area contributed by atoms with Crippen molar-refractivity contribution in [3.05, 3.63) is 29.8 Å². The van der Waals surface area contributed by atoms with Crippen molar-refractivity contribution in [3.8, 4) is 5.75 Å². The molecular weight excluding hydrogens is 389 g/mol. The summed E-state index contributed by atoms with van der Waals surface area (Å²) in [5.41, 5.74) is 0.611. The molecule has 0 saturated carbocycles. The van der Waals surface area contributed by atoms with Gasteiger partial charge in [-0.1, -0.05) is 12.1 Å². The maximum atomic E-state index is 12.2. The fourth-order valence-corrected chi connectivity index (χ4v) is 2.77. The molecule has 1 heterocycles. The zero-order valence-corrected chi connectivity index (χ0v) is 15.3. The molecule has 10 heteroatoms. The molecule has 1 aliphatic heterocycles. The number of likely N-dealkylation sites (tertiary alicyclic amines) is 1. The first kappa shape index (κ1) is 23.0. The second kappa shape index (κ2) is 10.4. The molecule has 0 aromatic heterocycles. The van der Waals surface area contributed by atoms with Crippen LogP contribution in [0.5, 0.6) is 5.75 Å². The minimum Gasteiger partial charge on any atom is -0.484 e. The second-order valence-corrected chi connectivity index (χ2v) is 6.24. The van der Waals surface area contributed by atoms with E-state index in [0.717, 1.165) is 6.42 Å². The highest BCUT2D eigenvalue weighted by atomic mass is 35.5. The Kier molecular flexibility index (Phi) is 8.84. The molecule has 1 unspecified atom stereocenters. The summed E-state index contributed by atoms with van der Waals surface area (Å²) in [6.45, 7) is -0.129. The Morgan fingerprint density at radius 2 is 2.07 bits per heavy atom. The highest BCUT2D eigenvalue weighted by Crippen LogP contribution is 2.19. The van der Waals surface area contributed by atoms with Gasteiger partial charge in [0.25, 0.3) is 0 Å². The van der Waals surface area contributed by atoms with Crippen LogP contribution in [0.3, 0.4) is 0 Å². The van der Waals surface area contributed by atoms with Crippen LogP contribution in [-0.4, -0.2) is 54.3 Å². The molecule has 1 aliphatic rings. The van der Waals surface area contributed by atoms with Crippen LogP contribution >= 0.6 is 12.4 Å². The number of amides is 1. The first-order valence-electron chi connectivity index (χ1n) is 8.23.